The zero-order valence-corrected chi connectivity index (χ0v) is 12.0. The van der Waals surface area contributed by atoms with Gasteiger partial charge in [0.25, 0.3) is 0 Å². The lowest BCUT2D eigenvalue weighted by Gasteiger charge is -2.12. The van der Waals surface area contributed by atoms with Crippen LogP contribution in [0.2, 0.25) is 0 Å². The molecule has 2 aromatic heterocycles. The standard InChI is InChI=1S/C12H14BrN3S/c1-7-2-3-9(4-7)16-11-10(15-12(16)17)5-8(13)6-14-11/h5-7,9H,2-4H2,1H3,(H,15,17). The molecule has 1 fully saturated rings. The third kappa shape index (κ3) is 1.95. The Morgan fingerprint density at radius 2 is 2.35 bits per heavy atom. The number of pyridine rings is 1. The average molecular weight is 312 g/mol. The third-order valence-corrected chi connectivity index (χ3v) is 4.29. The highest BCUT2D eigenvalue weighted by atomic mass is 79.9. The molecule has 90 valence electrons. The molecule has 2 unspecified atom stereocenters. The largest absolute Gasteiger partial charge is 0.329 e. The number of H-pyrrole nitrogens is 1. The van der Waals surface area contributed by atoms with Crippen LogP contribution in [-0.4, -0.2) is 14.5 Å². The Balaban J connectivity index is 2.15. The number of rotatable bonds is 1. The fourth-order valence-corrected chi connectivity index (χ4v) is 3.41. The monoisotopic (exact) mass is 311 g/mol. The van der Waals surface area contributed by atoms with Crippen LogP contribution in [0.1, 0.15) is 32.2 Å². The predicted octanol–water partition coefficient (Wildman–Crippen LogP) is 4.22. The van der Waals surface area contributed by atoms with Crippen molar-refractivity contribution >= 4 is 39.3 Å². The normalized spacial score (nSPS) is 24.6. The molecule has 2 atom stereocenters. The molecule has 1 aliphatic carbocycles. The van der Waals surface area contributed by atoms with E-state index in [-0.39, 0.29) is 0 Å². The van der Waals surface area contributed by atoms with E-state index in [0.717, 1.165) is 26.3 Å². The van der Waals surface area contributed by atoms with Crippen LogP contribution in [-0.2, 0) is 0 Å². The molecule has 0 aliphatic heterocycles. The number of hydrogen-bond donors (Lipinski definition) is 1. The van der Waals surface area contributed by atoms with Crippen LogP contribution in [0.4, 0.5) is 0 Å². The molecular weight excluding hydrogens is 298 g/mol. The molecule has 0 spiro atoms. The van der Waals surface area contributed by atoms with Gasteiger partial charge in [0.2, 0.25) is 0 Å². The second-order valence-corrected chi connectivity index (χ2v) is 6.20. The summed E-state index contributed by atoms with van der Waals surface area (Å²) in [6, 6.07) is 2.55. The lowest BCUT2D eigenvalue weighted by atomic mass is 10.1. The smallest absolute Gasteiger partial charge is 0.179 e. The lowest BCUT2D eigenvalue weighted by Crippen LogP contribution is -2.06. The molecule has 5 heteroatoms. The highest BCUT2D eigenvalue weighted by molar-refractivity contribution is 9.10. The fourth-order valence-electron chi connectivity index (χ4n) is 2.74. The number of halogens is 1. The van der Waals surface area contributed by atoms with E-state index in [1.165, 1.54) is 19.3 Å². The molecule has 2 aromatic rings. The predicted molar refractivity (Wildman–Crippen MR) is 74.7 cm³/mol. The van der Waals surface area contributed by atoms with E-state index in [2.05, 4.69) is 37.4 Å². The van der Waals surface area contributed by atoms with Gasteiger partial charge < -0.3 is 4.98 Å². The van der Waals surface area contributed by atoms with E-state index in [0.29, 0.717) is 6.04 Å². The zero-order valence-electron chi connectivity index (χ0n) is 9.61. The van der Waals surface area contributed by atoms with Gasteiger partial charge in [0, 0.05) is 16.7 Å². The lowest BCUT2D eigenvalue weighted by molar-refractivity contribution is 0.498. The van der Waals surface area contributed by atoms with Gasteiger partial charge in [0.15, 0.2) is 10.4 Å². The quantitative estimate of drug-likeness (QED) is 0.800. The summed E-state index contributed by atoms with van der Waals surface area (Å²) < 4.78 is 3.97. The molecule has 1 aliphatic rings. The number of nitrogens with zero attached hydrogens (tertiary/aromatic N) is 2. The number of hydrogen-bond acceptors (Lipinski definition) is 2. The topological polar surface area (TPSA) is 33.6 Å². The molecule has 3 rings (SSSR count). The van der Waals surface area contributed by atoms with Gasteiger partial charge in [-0.15, -0.1) is 0 Å². The van der Waals surface area contributed by atoms with Gasteiger partial charge >= 0.3 is 0 Å². The van der Waals surface area contributed by atoms with E-state index in [9.17, 15) is 0 Å². The van der Waals surface area contributed by atoms with Gasteiger partial charge in [-0.05, 0) is 59.4 Å². The van der Waals surface area contributed by atoms with Crippen LogP contribution in [0, 0.1) is 10.7 Å². The molecule has 1 saturated carbocycles. The van der Waals surface area contributed by atoms with Crippen LogP contribution in [0.5, 0.6) is 0 Å². The first-order valence-electron chi connectivity index (χ1n) is 5.91. The second-order valence-electron chi connectivity index (χ2n) is 4.90. The Morgan fingerprint density at radius 3 is 3.06 bits per heavy atom. The molecule has 1 N–H and O–H groups in total. The Morgan fingerprint density at radius 1 is 1.53 bits per heavy atom. The molecule has 0 radical (unpaired) electrons. The Bertz CT molecular complexity index is 616. The summed E-state index contributed by atoms with van der Waals surface area (Å²) >= 11 is 8.86. The minimum Gasteiger partial charge on any atom is -0.329 e. The summed E-state index contributed by atoms with van der Waals surface area (Å²) in [6.07, 6.45) is 5.54. The number of aromatic nitrogens is 3. The second kappa shape index (κ2) is 4.21. The number of aromatic amines is 1. The van der Waals surface area contributed by atoms with Crippen LogP contribution in [0.3, 0.4) is 0 Å². The van der Waals surface area contributed by atoms with Gasteiger partial charge in [0.05, 0.1) is 5.52 Å². The fraction of sp³-hybridized carbons (Fsp3) is 0.500. The van der Waals surface area contributed by atoms with Crippen LogP contribution in [0.15, 0.2) is 16.7 Å². The highest BCUT2D eigenvalue weighted by Crippen LogP contribution is 2.36. The van der Waals surface area contributed by atoms with Crippen molar-refractivity contribution in [3.05, 3.63) is 21.5 Å². The van der Waals surface area contributed by atoms with Crippen molar-refractivity contribution in [2.75, 3.05) is 0 Å². The molecule has 0 saturated heterocycles. The van der Waals surface area contributed by atoms with E-state index >= 15 is 0 Å². The Hall–Kier alpha value is -0.680. The van der Waals surface area contributed by atoms with Crippen molar-refractivity contribution in [3.8, 4) is 0 Å². The van der Waals surface area contributed by atoms with E-state index in [4.69, 9.17) is 12.2 Å². The molecule has 2 heterocycles. The van der Waals surface area contributed by atoms with Gasteiger partial charge in [-0.2, -0.15) is 0 Å². The van der Waals surface area contributed by atoms with Gasteiger partial charge in [0.1, 0.15) is 0 Å². The molecular formula is C12H14BrN3S. The van der Waals surface area contributed by atoms with Crippen molar-refractivity contribution in [3.63, 3.8) is 0 Å². The summed E-state index contributed by atoms with van der Waals surface area (Å²) in [5.74, 6) is 0.794. The minimum absolute atomic E-state index is 0.514. The SMILES string of the molecule is CC1CCC(n2c(=S)[nH]c3cc(Br)cnc32)C1. The number of imidazole rings is 1. The summed E-state index contributed by atoms with van der Waals surface area (Å²) in [5, 5.41) is 0. The van der Waals surface area contributed by atoms with E-state index in [1.54, 1.807) is 0 Å². The first-order chi connectivity index (χ1) is 8.15. The van der Waals surface area contributed by atoms with Gasteiger partial charge in [-0.1, -0.05) is 6.92 Å². The van der Waals surface area contributed by atoms with Crippen molar-refractivity contribution in [2.45, 2.75) is 32.2 Å². The maximum absolute atomic E-state index is 5.42. The first kappa shape index (κ1) is 11.4. The average Bonchev–Trinajstić information content (AvgIpc) is 2.80. The van der Waals surface area contributed by atoms with E-state index < -0.39 is 0 Å². The minimum atomic E-state index is 0.514. The molecule has 17 heavy (non-hydrogen) atoms. The molecule has 3 nitrogen and oxygen atoms in total. The molecule has 0 bridgehead atoms. The van der Waals surface area contributed by atoms with Crippen molar-refractivity contribution < 1.29 is 0 Å². The highest BCUT2D eigenvalue weighted by Gasteiger charge is 2.25. The van der Waals surface area contributed by atoms with Crippen molar-refractivity contribution in [1.29, 1.82) is 0 Å². The van der Waals surface area contributed by atoms with Crippen molar-refractivity contribution in [1.82, 2.24) is 14.5 Å². The van der Waals surface area contributed by atoms with Crippen LogP contribution >= 0.6 is 28.1 Å². The molecule has 0 amide bonds. The first-order valence-corrected chi connectivity index (χ1v) is 7.11. The van der Waals surface area contributed by atoms with Crippen molar-refractivity contribution in [2.24, 2.45) is 5.92 Å². The molecule has 0 aromatic carbocycles. The van der Waals surface area contributed by atoms with Crippen LogP contribution in [0.25, 0.3) is 11.2 Å². The van der Waals surface area contributed by atoms with Gasteiger partial charge in [-0.3, -0.25) is 4.57 Å². The maximum atomic E-state index is 5.42. The summed E-state index contributed by atoms with van der Waals surface area (Å²) in [5.41, 5.74) is 2.00. The Kier molecular flexibility index (Phi) is 2.83. The summed E-state index contributed by atoms with van der Waals surface area (Å²) in [7, 11) is 0. The number of fused-ring (bicyclic) bond motifs is 1. The van der Waals surface area contributed by atoms with Gasteiger partial charge in [-0.25, -0.2) is 4.98 Å². The Labute approximate surface area is 113 Å². The van der Waals surface area contributed by atoms with E-state index in [1.807, 2.05) is 12.3 Å². The third-order valence-electron chi connectivity index (χ3n) is 3.55. The number of nitrogens with one attached hydrogen (secondary N) is 1. The maximum Gasteiger partial charge on any atom is 0.179 e. The summed E-state index contributed by atoms with van der Waals surface area (Å²) in [4.78, 5) is 7.73. The van der Waals surface area contributed by atoms with Crippen LogP contribution < -0.4 is 0 Å². The summed E-state index contributed by atoms with van der Waals surface area (Å²) in [6.45, 7) is 2.31. The zero-order chi connectivity index (χ0) is 12.0.